The summed E-state index contributed by atoms with van der Waals surface area (Å²) in [6, 6.07) is 5.18. The summed E-state index contributed by atoms with van der Waals surface area (Å²) >= 11 is 0. The van der Waals surface area contributed by atoms with E-state index in [1.807, 2.05) is 18.2 Å². The molecular weight excluding hydrogens is 192 g/mol. The molecule has 0 radical (unpaired) electrons. The van der Waals surface area contributed by atoms with Gasteiger partial charge in [0.2, 0.25) is 0 Å². The molecule has 3 heterocycles. The highest BCUT2D eigenvalue weighted by molar-refractivity contribution is 5.83. The molecule has 1 aliphatic rings. The molecule has 0 spiro atoms. The Morgan fingerprint density at radius 1 is 1.40 bits per heavy atom. The van der Waals surface area contributed by atoms with Crippen LogP contribution in [0.3, 0.4) is 0 Å². The van der Waals surface area contributed by atoms with Crippen LogP contribution in [0, 0.1) is 0 Å². The quantitative estimate of drug-likeness (QED) is 0.582. The number of primary amides is 1. The molecule has 0 saturated heterocycles. The van der Waals surface area contributed by atoms with Gasteiger partial charge >= 0.3 is 6.03 Å². The van der Waals surface area contributed by atoms with Crippen LogP contribution in [0.5, 0.6) is 0 Å². The Morgan fingerprint density at radius 2 is 2.27 bits per heavy atom. The summed E-state index contributed by atoms with van der Waals surface area (Å²) in [7, 11) is 0. The highest BCUT2D eigenvalue weighted by atomic mass is 16.2. The Kier molecular flexibility index (Phi) is 1.45. The normalized spacial score (nSPS) is 12.3. The first-order valence-corrected chi connectivity index (χ1v) is 4.59. The van der Waals surface area contributed by atoms with E-state index in [2.05, 4.69) is 10.2 Å². The molecule has 1 amide bonds. The standard InChI is InChI=1S/C10H8N4O/c11-10(15)14-7-1-2-8(14)9-6(5-7)3-4-12-13-9/h1-4H,5H2,(H2,11,15). The van der Waals surface area contributed by atoms with Gasteiger partial charge in [-0.1, -0.05) is 0 Å². The summed E-state index contributed by atoms with van der Waals surface area (Å²) in [5.41, 5.74) is 8.76. The van der Waals surface area contributed by atoms with Gasteiger partial charge in [-0.15, -0.1) is 5.10 Å². The van der Waals surface area contributed by atoms with Gasteiger partial charge < -0.3 is 5.73 Å². The predicted octanol–water partition coefficient (Wildman–Crippen LogP) is 0.776. The van der Waals surface area contributed by atoms with Gasteiger partial charge in [0.25, 0.3) is 0 Å². The fourth-order valence-electron chi connectivity index (χ4n) is 1.97. The van der Waals surface area contributed by atoms with Gasteiger partial charge in [-0.05, 0) is 23.8 Å². The van der Waals surface area contributed by atoms with Gasteiger partial charge in [-0.3, -0.25) is 4.57 Å². The molecule has 0 fully saturated rings. The van der Waals surface area contributed by atoms with Crippen molar-refractivity contribution in [2.45, 2.75) is 6.42 Å². The van der Waals surface area contributed by atoms with Crippen molar-refractivity contribution >= 4 is 6.03 Å². The van der Waals surface area contributed by atoms with Crippen LogP contribution in [-0.4, -0.2) is 20.8 Å². The number of nitrogens with zero attached hydrogens (tertiary/aromatic N) is 3. The van der Waals surface area contributed by atoms with Crippen LogP contribution >= 0.6 is 0 Å². The minimum atomic E-state index is -0.471. The van der Waals surface area contributed by atoms with Crippen molar-refractivity contribution in [3.8, 4) is 11.4 Å². The van der Waals surface area contributed by atoms with Crippen molar-refractivity contribution in [3.63, 3.8) is 0 Å². The smallest absolute Gasteiger partial charge is 0.323 e. The summed E-state index contributed by atoms with van der Waals surface area (Å²) in [4.78, 5) is 11.2. The monoisotopic (exact) mass is 200 g/mol. The molecule has 2 N–H and O–H groups in total. The summed E-state index contributed by atoms with van der Waals surface area (Å²) in [6.07, 6.45) is 2.33. The van der Waals surface area contributed by atoms with Crippen LogP contribution in [-0.2, 0) is 6.42 Å². The van der Waals surface area contributed by atoms with Crippen LogP contribution in [0.25, 0.3) is 11.4 Å². The van der Waals surface area contributed by atoms with Crippen LogP contribution in [0.15, 0.2) is 24.4 Å². The van der Waals surface area contributed by atoms with Crippen LogP contribution in [0.2, 0.25) is 0 Å². The minimum Gasteiger partial charge on any atom is -0.351 e. The van der Waals surface area contributed by atoms with Crippen molar-refractivity contribution in [1.29, 1.82) is 0 Å². The van der Waals surface area contributed by atoms with Crippen molar-refractivity contribution in [3.05, 3.63) is 35.7 Å². The number of aromatic nitrogens is 3. The maximum absolute atomic E-state index is 11.2. The van der Waals surface area contributed by atoms with Gasteiger partial charge in [-0.2, -0.15) is 5.10 Å². The van der Waals surface area contributed by atoms with Gasteiger partial charge in [0.05, 0.1) is 5.69 Å². The molecular formula is C10H8N4O. The molecule has 1 aliphatic heterocycles. The molecule has 3 rings (SSSR count). The van der Waals surface area contributed by atoms with E-state index in [9.17, 15) is 4.79 Å². The van der Waals surface area contributed by atoms with Crippen LogP contribution < -0.4 is 5.73 Å². The molecule has 0 unspecified atom stereocenters. The Bertz CT molecular complexity index is 558. The molecule has 0 saturated carbocycles. The van der Waals surface area contributed by atoms with E-state index in [0.717, 1.165) is 22.6 Å². The third-order valence-corrected chi connectivity index (χ3v) is 2.60. The lowest BCUT2D eigenvalue weighted by Gasteiger charge is -2.16. The molecule has 2 aromatic rings. The fraction of sp³-hybridized carbons (Fsp3) is 0.100. The average molecular weight is 200 g/mol. The van der Waals surface area contributed by atoms with Gasteiger partial charge in [0.1, 0.15) is 5.69 Å². The van der Waals surface area contributed by atoms with Crippen molar-refractivity contribution in [2.75, 3.05) is 0 Å². The van der Waals surface area contributed by atoms with E-state index in [4.69, 9.17) is 5.73 Å². The number of carbonyl (C=O) groups excluding carboxylic acids is 1. The number of rotatable bonds is 0. The van der Waals surface area contributed by atoms with Gasteiger partial charge in [0.15, 0.2) is 0 Å². The van der Waals surface area contributed by atoms with Gasteiger partial charge in [0, 0.05) is 18.3 Å². The van der Waals surface area contributed by atoms with Gasteiger partial charge in [-0.25, -0.2) is 4.79 Å². The maximum atomic E-state index is 11.2. The van der Waals surface area contributed by atoms with E-state index < -0.39 is 6.03 Å². The lowest BCUT2D eigenvalue weighted by atomic mass is 10.1. The van der Waals surface area contributed by atoms with Crippen molar-refractivity contribution < 1.29 is 4.79 Å². The zero-order chi connectivity index (χ0) is 10.4. The summed E-state index contributed by atoms with van der Waals surface area (Å²) in [5, 5.41) is 7.85. The molecule has 2 aromatic heterocycles. The van der Waals surface area contributed by atoms with E-state index >= 15 is 0 Å². The third-order valence-electron chi connectivity index (χ3n) is 2.60. The fourth-order valence-corrected chi connectivity index (χ4v) is 1.97. The Labute approximate surface area is 85.5 Å². The van der Waals surface area contributed by atoms with Crippen LogP contribution in [0.1, 0.15) is 11.3 Å². The molecule has 0 aromatic carbocycles. The van der Waals surface area contributed by atoms with E-state index in [0.29, 0.717) is 6.42 Å². The molecule has 15 heavy (non-hydrogen) atoms. The number of hydrogen-bond acceptors (Lipinski definition) is 3. The summed E-state index contributed by atoms with van der Waals surface area (Å²) < 4.78 is 1.48. The first-order valence-electron chi connectivity index (χ1n) is 4.59. The van der Waals surface area contributed by atoms with E-state index in [-0.39, 0.29) is 0 Å². The average Bonchev–Trinajstić information content (AvgIpc) is 2.55. The molecule has 0 atom stereocenters. The first kappa shape index (κ1) is 8.16. The molecule has 0 aliphatic carbocycles. The number of fused-ring (bicyclic) bond motifs is 4. The first-order chi connectivity index (χ1) is 7.27. The number of amides is 1. The lowest BCUT2D eigenvalue weighted by molar-refractivity contribution is 0.250. The van der Waals surface area contributed by atoms with Crippen molar-refractivity contribution in [2.24, 2.45) is 5.73 Å². The lowest BCUT2D eigenvalue weighted by Crippen LogP contribution is -2.25. The topological polar surface area (TPSA) is 73.8 Å². The molecule has 2 bridgehead atoms. The molecule has 5 nitrogen and oxygen atoms in total. The Morgan fingerprint density at radius 3 is 3.07 bits per heavy atom. The minimum absolute atomic E-state index is 0.471. The second-order valence-corrected chi connectivity index (χ2v) is 3.47. The summed E-state index contributed by atoms with van der Waals surface area (Å²) in [5.74, 6) is 0. The second kappa shape index (κ2) is 2.66. The molecule has 5 heteroatoms. The second-order valence-electron chi connectivity index (χ2n) is 3.47. The number of carbonyl (C=O) groups is 1. The third kappa shape index (κ3) is 0.999. The highest BCUT2D eigenvalue weighted by Gasteiger charge is 2.23. The summed E-state index contributed by atoms with van der Waals surface area (Å²) in [6.45, 7) is 0. The van der Waals surface area contributed by atoms with Crippen molar-refractivity contribution in [1.82, 2.24) is 14.8 Å². The van der Waals surface area contributed by atoms with E-state index in [1.54, 1.807) is 6.20 Å². The number of hydrogen-bond donors (Lipinski definition) is 1. The SMILES string of the molecule is NC(=O)n1c2ccc1-c1nnccc1C2. The maximum Gasteiger partial charge on any atom is 0.323 e. The van der Waals surface area contributed by atoms with E-state index in [1.165, 1.54) is 4.57 Å². The molecule has 74 valence electrons. The highest BCUT2D eigenvalue weighted by Crippen LogP contribution is 2.30. The zero-order valence-corrected chi connectivity index (χ0v) is 7.84. The predicted molar refractivity (Wildman–Crippen MR) is 53.2 cm³/mol. The Hall–Kier alpha value is -2.17. The Balaban J connectivity index is 2.32. The number of nitrogens with two attached hydrogens (primary N) is 1. The largest absolute Gasteiger partial charge is 0.351 e. The zero-order valence-electron chi connectivity index (χ0n) is 7.84. The van der Waals surface area contributed by atoms with Crippen LogP contribution in [0.4, 0.5) is 4.79 Å².